The predicted octanol–water partition coefficient (Wildman–Crippen LogP) is 4.17. The van der Waals surface area contributed by atoms with Crippen LogP contribution in [0.25, 0.3) is 11.0 Å². The smallest absolute Gasteiger partial charge is 0.244 e. The van der Waals surface area contributed by atoms with Gasteiger partial charge in [-0.25, -0.2) is 0 Å². The van der Waals surface area contributed by atoms with Crippen molar-refractivity contribution in [3.8, 4) is 5.75 Å². The fraction of sp³-hybridized carbons (Fsp3) is 0.304. The summed E-state index contributed by atoms with van der Waals surface area (Å²) >= 11 is 0. The molecule has 3 rings (SSSR count). The molecule has 0 fully saturated rings. The highest BCUT2D eigenvalue weighted by Gasteiger charge is 2.19. The van der Waals surface area contributed by atoms with E-state index in [1.54, 1.807) is 30.4 Å². The van der Waals surface area contributed by atoms with Crippen molar-refractivity contribution in [1.29, 1.82) is 0 Å². The van der Waals surface area contributed by atoms with E-state index in [1.807, 2.05) is 44.2 Å². The minimum absolute atomic E-state index is 0.0143. The summed E-state index contributed by atoms with van der Waals surface area (Å²) in [5, 5.41) is 3.75. The number of hydrogen-bond donors (Lipinski definition) is 1. The molecule has 0 saturated carbocycles. The molecular formula is C23H26N2O4. The van der Waals surface area contributed by atoms with Crippen LogP contribution in [0.15, 0.2) is 53.1 Å². The lowest BCUT2D eigenvalue weighted by molar-refractivity contribution is -0.134. The fourth-order valence-corrected chi connectivity index (χ4v) is 3.27. The molecule has 0 unspecified atom stereocenters. The summed E-state index contributed by atoms with van der Waals surface area (Å²) in [5.74, 6) is 0.212. The maximum absolute atomic E-state index is 12.9. The topological polar surface area (TPSA) is 71.8 Å². The molecule has 3 aromatic rings. The van der Waals surface area contributed by atoms with Gasteiger partial charge in [0.2, 0.25) is 11.8 Å². The number of carbonyl (C=O) groups is 2. The Bertz CT molecular complexity index is 1010. The van der Waals surface area contributed by atoms with Gasteiger partial charge in [-0.3, -0.25) is 9.59 Å². The van der Waals surface area contributed by atoms with E-state index in [0.717, 1.165) is 28.5 Å². The summed E-state index contributed by atoms with van der Waals surface area (Å²) in [6.45, 7) is 4.47. The zero-order valence-corrected chi connectivity index (χ0v) is 17.0. The minimum atomic E-state index is -0.260. The van der Waals surface area contributed by atoms with Crippen molar-refractivity contribution in [1.82, 2.24) is 4.90 Å². The van der Waals surface area contributed by atoms with Crippen molar-refractivity contribution in [2.45, 2.75) is 26.7 Å². The van der Waals surface area contributed by atoms with Crippen LogP contribution in [0.1, 0.15) is 24.5 Å². The molecule has 0 spiro atoms. The molecule has 1 aromatic heterocycles. The molecule has 0 saturated heterocycles. The minimum Gasteiger partial charge on any atom is -0.495 e. The standard InChI is InChI=1S/C23H26N2O4/c1-4-11-25(14-22(26)24-19-7-5-6-8-20(19)28-3)23(27)13-17-15-29-21-12-16(2)9-10-18(17)21/h5-10,12,15H,4,11,13-14H2,1-3H3,(H,24,26). The molecule has 0 bridgehead atoms. The quantitative estimate of drug-likeness (QED) is 0.622. The highest BCUT2D eigenvalue weighted by atomic mass is 16.5. The first-order valence-electron chi connectivity index (χ1n) is 9.69. The van der Waals surface area contributed by atoms with Crippen LogP contribution in [0.4, 0.5) is 5.69 Å². The van der Waals surface area contributed by atoms with Crippen LogP contribution in [-0.2, 0) is 16.0 Å². The second-order valence-electron chi connectivity index (χ2n) is 7.00. The summed E-state index contributed by atoms with van der Waals surface area (Å²) in [7, 11) is 1.55. The third-order valence-corrected chi connectivity index (χ3v) is 4.71. The van der Waals surface area contributed by atoms with E-state index >= 15 is 0 Å². The first-order valence-corrected chi connectivity index (χ1v) is 9.69. The maximum Gasteiger partial charge on any atom is 0.244 e. The second kappa shape index (κ2) is 9.28. The third-order valence-electron chi connectivity index (χ3n) is 4.71. The van der Waals surface area contributed by atoms with Gasteiger partial charge in [-0.2, -0.15) is 0 Å². The average molecular weight is 394 g/mol. The van der Waals surface area contributed by atoms with Crippen molar-refractivity contribution in [2.75, 3.05) is 25.5 Å². The van der Waals surface area contributed by atoms with Crippen LogP contribution in [0.5, 0.6) is 5.75 Å². The Kier molecular flexibility index (Phi) is 6.54. The van der Waals surface area contributed by atoms with Crippen molar-refractivity contribution in [3.05, 3.63) is 59.9 Å². The number of fused-ring (bicyclic) bond motifs is 1. The van der Waals surface area contributed by atoms with Crippen molar-refractivity contribution in [2.24, 2.45) is 0 Å². The van der Waals surface area contributed by atoms with Gasteiger partial charge in [-0.15, -0.1) is 0 Å². The fourth-order valence-electron chi connectivity index (χ4n) is 3.27. The Labute approximate surface area is 170 Å². The monoisotopic (exact) mass is 394 g/mol. The third kappa shape index (κ3) is 4.96. The molecule has 6 nitrogen and oxygen atoms in total. The van der Waals surface area contributed by atoms with Gasteiger partial charge in [0.25, 0.3) is 0 Å². The number of carbonyl (C=O) groups excluding carboxylic acids is 2. The molecule has 0 aliphatic rings. The SMILES string of the molecule is CCCN(CC(=O)Nc1ccccc1OC)C(=O)Cc1coc2cc(C)ccc12. The molecule has 6 heteroatoms. The summed E-state index contributed by atoms with van der Waals surface area (Å²) in [6, 6.07) is 13.1. The lowest BCUT2D eigenvalue weighted by atomic mass is 10.1. The maximum atomic E-state index is 12.9. The number of furan rings is 1. The number of nitrogens with zero attached hydrogens (tertiary/aromatic N) is 1. The van der Waals surface area contributed by atoms with Crippen molar-refractivity contribution >= 4 is 28.5 Å². The Balaban J connectivity index is 1.69. The van der Waals surface area contributed by atoms with Gasteiger partial charge in [0.15, 0.2) is 0 Å². The molecule has 152 valence electrons. The van der Waals surface area contributed by atoms with Gasteiger partial charge in [0.1, 0.15) is 11.3 Å². The van der Waals surface area contributed by atoms with Gasteiger partial charge in [-0.1, -0.05) is 31.2 Å². The summed E-state index contributed by atoms with van der Waals surface area (Å²) in [4.78, 5) is 27.0. The average Bonchev–Trinajstić information content (AvgIpc) is 3.09. The first-order chi connectivity index (χ1) is 14.0. The summed E-state index contributed by atoms with van der Waals surface area (Å²) in [6.07, 6.45) is 2.58. The Hall–Kier alpha value is -3.28. The lowest BCUT2D eigenvalue weighted by Crippen LogP contribution is -2.39. The van der Waals surface area contributed by atoms with Crippen LogP contribution in [0, 0.1) is 6.92 Å². The lowest BCUT2D eigenvalue weighted by Gasteiger charge is -2.22. The number of benzene rings is 2. The molecule has 1 N–H and O–H groups in total. The van der Waals surface area contributed by atoms with Crippen LogP contribution >= 0.6 is 0 Å². The molecule has 0 radical (unpaired) electrons. The highest BCUT2D eigenvalue weighted by molar-refractivity contribution is 5.96. The van der Waals surface area contributed by atoms with Crippen LogP contribution in [0.3, 0.4) is 0 Å². The van der Waals surface area contributed by atoms with E-state index < -0.39 is 0 Å². The number of para-hydroxylation sites is 2. The Morgan fingerprint density at radius 1 is 1.17 bits per heavy atom. The Morgan fingerprint density at radius 2 is 1.97 bits per heavy atom. The van der Waals surface area contributed by atoms with Crippen molar-refractivity contribution < 1.29 is 18.7 Å². The molecule has 2 aromatic carbocycles. The van der Waals surface area contributed by atoms with Gasteiger partial charge in [0.05, 0.1) is 32.0 Å². The number of ether oxygens (including phenoxy) is 1. The first kappa shape index (κ1) is 20.5. The Morgan fingerprint density at radius 3 is 2.72 bits per heavy atom. The van der Waals surface area contributed by atoms with E-state index in [-0.39, 0.29) is 24.8 Å². The van der Waals surface area contributed by atoms with Gasteiger partial charge in [0, 0.05) is 17.5 Å². The molecule has 2 amide bonds. The van der Waals surface area contributed by atoms with Crippen LogP contribution < -0.4 is 10.1 Å². The van der Waals surface area contributed by atoms with E-state index in [4.69, 9.17) is 9.15 Å². The zero-order valence-electron chi connectivity index (χ0n) is 17.0. The molecule has 0 atom stereocenters. The molecule has 0 aliphatic heterocycles. The van der Waals surface area contributed by atoms with Gasteiger partial charge < -0.3 is 19.4 Å². The number of aryl methyl sites for hydroxylation is 1. The largest absolute Gasteiger partial charge is 0.495 e. The summed E-state index contributed by atoms with van der Waals surface area (Å²) < 4.78 is 10.9. The predicted molar refractivity (Wildman–Crippen MR) is 113 cm³/mol. The van der Waals surface area contributed by atoms with E-state index in [9.17, 15) is 9.59 Å². The number of rotatable bonds is 8. The van der Waals surface area contributed by atoms with Crippen molar-refractivity contribution in [3.63, 3.8) is 0 Å². The molecular weight excluding hydrogens is 368 g/mol. The molecule has 1 heterocycles. The summed E-state index contributed by atoms with van der Waals surface area (Å²) in [5.41, 5.74) is 3.28. The van der Waals surface area contributed by atoms with Gasteiger partial charge >= 0.3 is 0 Å². The van der Waals surface area contributed by atoms with Gasteiger partial charge in [-0.05, 0) is 37.1 Å². The number of hydrogen-bond acceptors (Lipinski definition) is 4. The number of amides is 2. The molecule has 29 heavy (non-hydrogen) atoms. The van der Waals surface area contributed by atoms with Crippen LogP contribution in [0.2, 0.25) is 0 Å². The van der Waals surface area contributed by atoms with E-state index in [1.165, 1.54) is 0 Å². The van der Waals surface area contributed by atoms with E-state index in [0.29, 0.717) is 18.0 Å². The number of methoxy groups -OCH3 is 1. The zero-order chi connectivity index (χ0) is 20.8. The van der Waals surface area contributed by atoms with E-state index in [2.05, 4.69) is 5.32 Å². The van der Waals surface area contributed by atoms with Crippen LogP contribution in [-0.4, -0.2) is 36.9 Å². The highest BCUT2D eigenvalue weighted by Crippen LogP contribution is 2.24. The second-order valence-corrected chi connectivity index (χ2v) is 7.00. The normalized spacial score (nSPS) is 10.7. The molecule has 0 aliphatic carbocycles. The number of anilines is 1. The number of nitrogens with one attached hydrogen (secondary N) is 1.